The SMILES string of the molecule is CC[N]c1cccc(C)c1. The summed E-state index contributed by atoms with van der Waals surface area (Å²) in [6, 6.07) is 8.22. The van der Waals surface area contributed by atoms with Crippen LogP contribution in [0.5, 0.6) is 0 Å². The maximum atomic E-state index is 4.27. The lowest BCUT2D eigenvalue weighted by Crippen LogP contribution is -1.94. The maximum Gasteiger partial charge on any atom is 0.0576 e. The molecule has 0 aliphatic rings. The molecule has 0 saturated heterocycles. The second kappa shape index (κ2) is 3.25. The van der Waals surface area contributed by atoms with Gasteiger partial charge in [-0.15, -0.1) is 0 Å². The highest BCUT2D eigenvalue weighted by Gasteiger charge is 1.89. The number of benzene rings is 1. The molecule has 0 saturated carbocycles. The molecule has 0 aliphatic heterocycles. The van der Waals surface area contributed by atoms with E-state index < -0.39 is 0 Å². The summed E-state index contributed by atoms with van der Waals surface area (Å²) in [4.78, 5) is 0. The van der Waals surface area contributed by atoms with Crippen LogP contribution in [-0.4, -0.2) is 6.54 Å². The van der Waals surface area contributed by atoms with Gasteiger partial charge in [-0.1, -0.05) is 12.1 Å². The Hall–Kier alpha value is -0.980. The van der Waals surface area contributed by atoms with Gasteiger partial charge in [0, 0.05) is 6.54 Å². The van der Waals surface area contributed by atoms with Gasteiger partial charge in [-0.25, -0.2) is 0 Å². The summed E-state index contributed by atoms with van der Waals surface area (Å²) in [5.41, 5.74) is 2.36. The topological polar surface area (TPSA) is 14.1 Å². The molecule has 0 N–H and O–H groups in total. The third kappa shape index (κ3) is 1.76. The number of hydrogen-bond donors (Lipinski definition) is 0. The van der Waals surface area contributed by atoms with Crippen LogP contribution >= 0.6 is 0 Å². The van der Waals surface area contributed by atoms with Crippen molar-refractivity contribution in [2.45, 2.75) is 13.8 Å². The first-order chi connectivity index (χ1) is 4.83. The van der Waals surface area contributed by atoms with E-state index in [1.165, 1.54) is 5.56 Å². The van der Waals surface area contributed by atoms with Crippen LogP contribution in [0.25, 0.3) is 0 Å². The van der Waals surface area contributed by atoms with Crippen molar-refractivity contribution in [1.29, 1.82) is 0 Å². The summed E-state index contributed by atoms with van der Waals surface area (Å²) < 4.78 is 0. The molecule has 0 unspecified atom stereocenters. The van der Waals surface area contributed by atoms with Crippen LogP contribution in [0, 0.1) is 6.92 Å². The first-order valence-corrected chi connectivity index (χ1v) is 3.57. The smallest absolute Gasteiger partial charge is 0.0576 e. The fourth-order valence-corrected chi connectivity index (χ4v) is 0.909. The quantitative estimate of drug-likeness (QED) is 0.589. The molecule has 1 aromatic carbocycles. The van der Waals surface area contributed by atoms with Crippen LogP contribution < -0.4 is 5.32 Å². The van der Waals surface area contributed by atoms with E-state index >= 15 is 0 Å². The van der Waals surface area contributed by atoms with Crippen LogP contribution in [0.1, 0.15) is 12.5 Å². The third-order valence-electron chi connectivity index (χ3n) is 1.34. The Balaban J connectivity index is 2.75. The molecule has 0 bridgehead atoms. The summed E-state index contributed by atoms with van der Waals surface area (Å²) in [7, 11) is 0. The highest BCUT2D eigenvalue weighted by Crippen LogP contribution is 2.08. The van der Waals surface area contributed by atoms with E-state index in [1.54, 1.807) is 0 Å². The summed E-state index contributed by atoms with van der Waals surface area (Å²) in [5.74, 6) is 0. The molecule has 1 radical (unpaired) electrons. The molecule has 10 heavy (non-hydrogen) atoms. The van der Waals surface area contributed by atoms with Crippen molar-refractivity contribution >= 4 is 5.69 Å². The van der Waals surface area contributed by atoms with E-state index in [-0.39, 0.29) is 0 Å². The summed E-state index contributed by atoms with van der Waals surface area (Å²) in [5, 5.41) is 4.27. The van der Waals surface area contributed by atoms with E-state index in [1.807, 2.05) is 19.1 Å². The second-order valence-corrected chi connectivity index (χ2v) is 2.31. The van der Waals surface area contributed by atoms with Crippen molar-refractivity contribution < 1.29 is 0 Å². The van der Waals surface area contributed by atoms with Crippen LogP contribution in [0.2, 0.25) is 0 Å². The zero-order valence-electron chi connectivity index (χ0n) is 6.46. The molecular weight excluding hydrogens is 122 g/mol. The van der Waals surface area contributed by atoms with Crippen molar-refractivity contribution in [3.05, 3.63) is 29.8 Å². The minimum Gasteiger partial charge on any atom is -0.286 e. The fourth-order valence-electron chi connectivity index (χ4n) is 0.909. The monoisotopic (exact) mass is 134 g/mol. The number of nitrogens with zero attached hydrogens (tertiary/aromatic N) is 1. The lowest BCUT2D eigenvalue weighted by atomic mass is 10.2. The molecule has 0 amide bonds. The molecule has 0 aliphatic carbocycles. The average molecular weight is 134 g/mol. The number of rotatable bonds is 2. The van der Waals surface area contributed by atoms with Crippen LogP contribution in [-0.2, 0) is 0 Å². The first kappa shape index (κ1) is 7.13. The Bertz CT molecular complexity index is 206. The standard InChI is InChI=1S/C9H12N/c1-3-10-9-6-4-5-8(2)7-9/h4-7H,3H2,1-2H3. The zero-order chi connectivity index (χ0) is 7.40. The Morgan fingerprint density at radius 2 is 2.20 bits per heavy atom. The predicted molar refractivity (Wildman–Crippen MR) is 43.5 cm³/mol. The van der Waals surface area contributed by atoms with Gasteiger partial charge in [-0.2, -0.15) is 0 Å². The Morgan fingerprint density at radius 3 is 2.80 bits per heavy atom. The van der Waals surface area contributed by atoms with Gasteiger partial charge in [-0.3, -0.25) is 5.32 Å². The van der Waals surface area contributed by atoms with Gasteiger partial charge in [0.05, 0.1) is 5.69 Å². The van der Waals surface area contributed by atoms with Gasteiger partial charge in [0.25, 0.3) is 0 Å². The molecule has 0 fully saturated rings. The van der Waals surface area contributed by atoms with E-state index in [2.05, 4.69) is 24.4 Å². The highest BCUT2D eigenvalue weighted by molar-refractivity contribution is 5.38. The third-order valence-corrected chi connectivity index (χ3v) is 1.34. The minimum absolute atomic E-state index is 0.865. The predicted octanol–water partition coefficient (Wildman–Crippen LogP) is 2.25. The first-order valence-electron chi connectivity index (χ1n) is 3.57. The lowest BCUT2D eigenvalue weighted by Gasteiger charge is -1.98. The van der Waals surface area contributed by atoms with E-state index in [4.69, 9.17) is 0 Å². The van der Waals surface area contributed by atoms with Gasteiger partial charge in [0.2, 0.25) is 0 Å². The molecule has 0 heterocycles. The average Bonchev–Trinajstić information content (AvgIpc) is 1.88. The van der Waals surface area contributed by atoms with E-state index in [0.29, 0.717) is 0 Å². The van der Waals surface area contributed by atoms with Crippen LogP contribution in [0.4, 0.5) is 5.69 Å². The van der Waals surface area contributed by atoms with Crippen LogP contribution in [0.15, 0.2) is 24.3 Å². The molecule has 0 atom stereocenters. The van der Waals surface area contributed by atoms with Gasteiger partial charge in [0.1, 0.15) is 0 Å². The normalized spacial score (nSPS) is 9.40. The highest BCUT2D eigenvalue weighted by atomic mass is 14.8. The second-order valence-electron chi connectivity index (χ2n) is 2.31. The van der Waals surface area contributed by atoms with Crippen molar-refractivity contribution in [3.63, 3.8) is 0 Å². The molecule has 53 valence electrons. The van der Waals surface area contributed by atoms with E-state index in [0.717, 1.165) is 12.2 Å². The molecular formula is C9H12N. The van der Waals surface area contributed by atoms with Crippen molar-refractivity contribution in [3.8, 4) is 0 Å². The van der Waals surface area contributed by atoms with Crippen molar-refractivity contribution in [1.82, 2.24) is 5.32 Å². The van der Waals surface area contributed by atoms with Crippen LogP contribution in [0.3, 0.4) is 0 Å². The summed E-state index contributed by atoms with van der Waals surface area (Å²) in [6.45, 7) is 4.99. The minimum atomic E-state index is 0.865. The molecule has 1 heteroatoms. The van der Waals surface area contributed by atoms with Gasteiger partial charge in [-0.05, 0) is 31.5 Å². The van der Waals surface area contributed by atoms with Gasteiger partial charge >= 0.3 is 0 Å². The molecule has 1 aromatic rings. The largest absolute Gasteiger partial charge is 0.286 e. The lowest BCUT2D eigenvalue weighted by molar-refractivity contribution is 0.911. The Labute approximate surface area is 62.1 Å². The Kier molecular flexibility index (Phi) is 2.32. The maximum absolute atomic E-state index is 4.27. The zero-order valence-corrected chi connectivity index (χ0v) is 6.46. The molecule has 0 spiro atoms. The molecule has 1 nitrogen and oxygen atoms in total. The van der Waals surface area contributed by atoms with Gasteiger partial charge in [0.15, 0.2) is 0 Å². The molecule has 1 rings (SSSR count). The van der Waals surface area contributed by atoms with Gasteiger partial charge < -0.3 is 0 Å². The van der Waals surface area contributed by atoms with Crippen molar-refractivity contribution in [2.75, 3.05) is 6.54 Å². The van der Waals surface area contributed by atoms with Crippen molar-refractivity contribution in [2.24, 2.45) is 0 Å². The summed E-state index contributed by atoms with van der Waals surface area (Å²) in [6.07, 6.45) is 0. The summed E-state index contributed by atoms with van der Waals surface area (Å²) >= 11 is 0. The molecule has 0 aromatic heterocycles. The number of hydrogen-bond acceptors (Lipinski definition) is 0. The fraction of sp³-hybridized carbons (Fsp3) is 0.333. The van der Waals surface area contributed by atoms with E-state index in [9.17, 15) is 0 Å². The number of aryl methyl sites for hydroxylation is 1. The Morgan fingerprint density at radius 1 is 1.40 bits per heavy atom.